The van der Waals surface area contributed by atoms with Gasteiger partial charge in [-0.25, -0.2) is 10.9 Å². The summed E-state index contributed by atoms with van der Waals surface area (Å²) in [6.45, 7) is 25.7. The predicted molar refractivity (Wildman–Crippen MR) is 333 cm³/mol. The van der Waals surface area contributed by atoms with E-state index in [2.05, 4.69) is 31.5 Å². The summed E-state index contributed by atoms with van der Waals surface area (Å²) in [7, 11) is 0. The van der Waals surface area contributed by atoms with Gasteiger partial charge in [0, 0.05) is 66.1 Å². The van der Waals surface area contributed by atoms with Gasteiger partial charge in [-0.15, -0.1) is 0 Å². The van der Waals surface area contributed by atoms with Gasteiger partial charge in [-0.05, 0) is 154 Å². The molecular weight excluding hydrogens is 1120 g/mol. The molecule has 21 heteroatoms. The smallest absolute Gasteiger partial charge is 0.325 e. The van der Waals surface area contributed by atoms with Crippen LogP contribution in [-0.4, -0.2) is 122 Å². The maximum Gasteiger partial charge on any atom is 0.325 e. The number of aromatic nitrogens is 2. The lowest BCUT2D eigenvalue weighted by atomic mass is 9.89. The lowest BCUT2D eigenvalue weighted by Crippen LogP contribution is -2.59. The molecule has 7 rings (SSSR count). The van der Waals surface area contributed by atoms with Crippen molar-refractivity contribution in [2.75, 3.05) is 13.1 Å². The van der Waals surface area contributed by atoms with Gasteiger partial charge in [0.25, 0.3) is 11.8 Å². The number of ether oxygens (including phenoxy) is 4. The van der Waals surface area contributed by atoms with Crippen molar-refractivity contribution >= 4 is 87.2 Å². The van der Waals surface area contributed by atoms with Gasteiger partial charge in [0.05, 0.1) is 29.8 Å². The number of nitrogens with zero attached hydrogens (tertiary/aromatic N) is 4. The molecule has 2 fully saturated rings. The Bertz CT molecular complexity index is 3250. The molecule has 88 heavy (non-hydrogen) atoms. The van der Waals surface area contributed by atoms with Crippen molar-refractivity contribution in [3.63, 3.8) is 0 Å². The molecule has 0 spiro atoms. The number of hydrogen-bond donors (Lipinski definition) is 4. The van der Waals surface area contributed by atoms with Crippen molar-refractivity contribution in [2.24, 2.45) is 23.7 Å². The Morgan fingerprint density at radius 2 is 1.45 bits per heavy atom. The van der Waals surface area contributed by atoms with Crippen molar-refractivity contribution in [1.82, 2.24) is 41.5 Å². The molecular formula is C67H90N8O13. The van der Waals surface area contributed by atoms with Crippen molar-refractivity contribution in [1.29, 1.82) is 0 Å². The van der Waals surface area contributed by atoms with Gasteiger partial charge in [-0.1, -0.05) is 64.1 Å². The summed E-state index contributed by atoms with van der Waals surface area (Å²) in [5, 5.41) is 9.99. The summed E-state index contributed by atoms with van der Waals surface area (Å²) in [5.41, 5.74) is 9.58. The first-order valence-corrected chi connectivity index (χ1v) is 30.6. The number of benzene rings is 2. The van der Waals surface area contributed by atoms with Crippen LogP contribution in [0.2, 0.25) is 0 Å². The third-order valence-corrected chi connectivity index (χ3v) is 15.1. The number of pyridine rings is 2. The maximum absolute atomic E-state index is 13.3. The highest BCUT2D eigenvalue weighted by Crippen LogP contribution is 2.27. The van der Waals surface area contributed by atoms with Gasteiger partial charge in [-0.2, -0.15) is 0 Å². The van der Waals surface area contributed by atoms with E-state index in [4.69, 9.17) is 18.9 Å². The quantitative estimate of drug-likeness (QED) is 0.0718. The van der Waals surface area contributed by atoms with Crippen LogP contribution in [0, 0.1) is 23.7 Å². The molecule has 2 aromatic heterocycles. The largest absolute Gasteiger partial charge is 0.460 e. The number of amides is 4. The predicted octanol–water partition coefficient (Wildman–Crippen LogP) is 9.08. The minimum atomic E-state index is -0.899. The topological polar surface area (TPSA) is 271 Å². The Morgan fingerprint density at radius 3 is 2.14 bits per heavy atom. The summed E-state index contributed by atoms with van der Waals surface area (Å²) < 4.78 is 22.3. The second-order valence-corrected chi connectivity index (χ2v) is 25.7. The second kappa shape index (κ2) is 30.8. The molecule has 0 saturated carbocycles. The molecule has 3 aliphatic heterocycles. The second-order valence-electron chi connectivity index (χ2n) is 25.7. The first kappa shape index (κ1) is 69.2. The van der Waals surface area contributed by atoms with Crippen LogP contribution >= 0.6 is 0 Å². The molecule has 8 atom stereocenters. The van der Waals surface area contributed by atoms with E-state index >= 15 is 0 Å². The van der Waals surface area contributed by atoms with Crippen molar-refractivity contribution < 1.29 is 62.1 Å². The number of carbonyl (C=O) groups is 9. The van der Waals surface area contributed by atoms with Crippen LogP contribution in [0.3, 0.4) is 0 Å². The zero-order chi connectivity index (χ0) is 64.8. The van der Waals surface area contributed by atoms with Gasteiger partial charge >= 0.3 is 23.9 Å². The zero-order valence-electron chi connectivity index (χ0n) is 53.5. The number of fused-ring (bicyclic) bond motifs is 5. The number of nitrogens with one attached hydrogen (secondary N) is 4. The number of rotatable bonds is 13. The molecule has 5 bridgehead atoms. The monoisotopic (exact) mass is 1210 g/mol. The lowest BCUT2D eigenvalue weighted by molar-refractivity contribution is -0.158. The lowest BCUT2D eigenvalue weighted by Gasteiger charge is -2.35. The van der Waals surface area contributed by atoms with E-state index in [1.54, 1.807) is 73.0 Å². The van der Waals surface area contributed by atoms with Crippen LogP contribution in [-0.2, 0) is 62.1 Å². The average molecular weight is 1220 g/mol. The van der Waals surface area contributed by atoms with E-state index in [1.165, 1.54) is 10.0 Å². The Hall–Kier alpha value is -7.91. The van der Waals surface area contributed by atoms with E-state index < -0.39 is 89.1 Å². The molecule has 0 radical (unpaired) electrons. The SMILES string of the molecule is CC(C)[C@@H]1CC(=O)C/C=C/c2ccc3ncc(cc3c2)[C@@H](C)OC(=O)[C@@H]2CCCN(N2)C(=O)[C@H](C)NC1=O.CC(C)[C@H](CC(=O)OC(C)(C)C)C(=O)N[C@@H](C)C(=O)N1CCC[C@@H](C(=O)O[C@H](C)c2cnc3ccc(/C=C/CC(=O)OC(C)(C)C)cc3c2)N1. The number of hydrogen-bond acceptors (Lipinski definition) is 17. The normalized spacial score (nSPS) is 21.4. The number of cyclic esters (lactones) is 1. The van der Waals surface area contributed by atoms with E-state index in [1.807, 2.05) is 109 Å². The standard InChI is InChI=1S/C38H54N4O8.C29H36N4O5/c1-23(2)29(21-33(44)50-38(8,9)10)34(45)40-24(3)35(46)42-18-12-14-31(41-42)36(47)48-25(4)28-20-27-19-26(16-17-30(27)39-22-28)13-11-15-32(43)49-37(5,6)7;1-17(2)24-15-23(34)8-5-7-20-10-11-25-21(13-20)14-22(16-30-25)19(4)38-29(37)26-9-6-12-33(32-26)28(36)18(3)31-27(24)35/h11,13,16-17,19-20,22-25,29,31,41H,12,14-15,18,21H2,1-10H3,(H,40,45);5,7,10-11,13-14,16-19,24,26,32H,6,8-9,12,15H2,1-4H3,(H,31,35)/b13-11+;7-5+/t24-,25+,29-,31-;18-,19+,24-,26-/m00/s1. The molecule has 2 saturated heterocycles. The fraction of sp³-hybridized carbons (Fsp3) is 0.537. The number of hydrazine groups is 2. The Kier molecular flexibility index (Phi) is 24.2. The van der Waals surface area contributed by atoms with Gasteiger partial charge in [0.15, 0.2) is 0 Å². The molecule has 0 unspecified atom stereocenters. The number of Topliss-reactive ketones (excluding diaryl/α,β-unsaturated/α-hetero) is 1. The highest BCUT2D eigenvalue weighted by atomic mass is 16.6. The average Bonchev–Trinajstić information content (AvgIpc) is 1.44. The summed E-state index contributed by atoms with van der Waals surface area (Å²) in [6.07, 6.45) is 12.0. The van der Waals surface area contributed by atoms with Crippen LogP contribution in [0.1, 0.15) is 183 Å². The fourth-order valence-electron chi connectivity index (χ4n) is 10.3. The fourth-order valence-corrected chi connectivity index (χ4v) is 10.3. The van der Waals surface area contributed by atoms with Crippen molar-refractivity contribution in [2.45, 2.75) is 196 Å². The van der Waals surface area contributed by atoms with Gasteiger partial charge in [0.2, 0.25) is 11.8 Å². The van der Waals surface area contributed by atoms with E-state index in [9.17, 15) is 43.2 Å². The summed E-state index contributed by atoms with van der Waals surface area (Å²) in [5.74, 6) is -4.75. The molecule has 5 heterocycles. The molecule has 21 nitrogen and oxygen atoms in total. The Balaban J connectivity index is 0.000000291. The van der Waals surface area contributed by atoms with E-state index in [0.717, 1.165) is 38.5 Å². The summed E-state index contributed by atoms with van der Waals surface area (Å²) >= 11 is 0. The van der Waals surface area contributed by atoms with Crippen LogP contribution in [0.25, 0.3) is 34.0 Å². The van der Waals surface area contributed by atoms with Crippen LogP contribution < -0.4 is 21.5 Å². The molecule has 4 aromatic rings. The minimum Gasteiger partial charge on any atom is -0.460 e. The van der Waals surface area contributed by atoms with Crippen molar-refractivity contribution in [3.8, 4) is 0 Å². The third-order valence-electron chi connectivity index (χ3n) is 15.1. The molecule has 0 aliphatic carbocycles. The highest BCUT2D eigenvalue weighted by Gasteiger charge is 2.37. The van der Waals surface area contributed by atoms with Gasteiger partial charge in [-0.3, -0.25) is 63.1 Å². The Labute approximate surface area is 516 Å². The molecule has 2 aromatic carbocycles. The van der Waals surface area contributed by atoms with E-state index in [0.29, 0.717) is 44.3 Å². The van der Waals surface area contributed by atoms with Crippen LogP contribution in [0.5, 0.6) is 0 Å². The third kappa shape index (κ3) is 20.6. The summed E-state index contributed by atoms with van der Waals surface area (Å²) in [6, 6.07) is 12.2. The van der Waals surface area contributed by atoms with Crippen LogP contribution in [0.4, 0.5) is 0 Å². The Morgan fingerprint density at radius 1 is 0.795 bits per heavy atom. The number of allylic oxidation sites excluding steroid dienone is 1. The van der Waals surface area contributed by atoms with Gasteiger partial charge < -0.3 is 29.6 Å². The number of ketones is 1. The molecule has 4 N–H and O–H groups in total. The van der Waals surface area contributed by atoms with Gasteiger partial charge in [0.1, 0.15) is 53.4 Å². The molecule has 3 aliphatic rings. The minimum absolute atomic E-state index is 0.0465. The molecule has 476 valence electrons. The number of esters is 4. The first-order valence-electron chi connectivity index (χ1n) is 30.6. The van der Waals surface area contributed by atoms with E-state index in [-0.39, 0.29) is 61.1 Å². The highest BCUT2D eigenvalue weighted by molar-refractivity contribution is 5.93. The van der Waals surface area contributed by atoms with Crippen LogP contribution in [0.15, 0.2) is 73.1 Å². The summed E-state index contributed by atoms with van der Waals surface area (Å²) in [4.78, 5) is 125. The molecule has 4 amide bonds. The maximum atomic E-state index is 13.3. The number of carbonyl (C=O) groups excluding carboxylic acids is 9. The zero-order valence-corrected chi connectivity index (χ0v) is 53.5. The first-order chi connectivity index (χ1) is 41.3. The van der Waals surface area contributed by atoms with Crippen molar-refractivity contribution in [3.05, 3.63) is 95.3 Å².